The normalized spacial score (nSPS) is 52.4. The van der Waals surface area contributed by atoms with Crippen molar-refractivity contribution in [2.45, 2.75) is 98.1 Å². The summed E-state index contributed by atoms with van der Waals surface area (Å²) in [6.45, 7) is 20.7. The molecule has 0 amide bonds. The van der Waals surface area contributed by atoms with Gasteiger partial charge in [0.2, 0.25) is 0 Å². The average Bonchev–Trinajstić information content (AvgIpc) is 2.49. The second-order valence-electron chi connectivity index (χ2n) is 11.6. The molecule has 0 saturated heterocycles. The first-order valence-electron chi connectivity index (χ1n) is 10.8. The van der Waals surface area contributed by atoms with Gasteiger partial charge in [0.15, 0.2) is 0 Å². The lowest BCUT2D eigenvalue weighted by molar-refractivity contribution is -0.102. The molecule has 0 aromatic heterocycles. The van der Waals surface area contributed by atoms with Gasteiger partial charge in [0.1, 0.15) is 0 Å². The molecule has 6 aliphatic rings. The summed E-state index contributed by atoms with van der Waals surface area (Å²) >= 11 is 0. The Morgan fingerprint density at radius 3 is 1.33 bits per heavy atom. The molecule has 0 radical (unpaired) electrons. The Labute approximate surface area is 152 Å². The van der Waals surface area contributed by atoms with E-state index in [-0.39, 0.29) is 7.92 Å². The van der Waals surface area contributed by atoms with Crippen molar-refractivity contribution in [2.75, 3.05) is 0 Å². The standard InChI is InChI=1S/C23H41P/c1-13(2)24(20-11-16-9-18(14(20)3)22(16,5)6)21-12-17-10-19(15(21)4)23(17,7)8/h13-21H,9-12H2,1-8H3. The minimum absolute atomic E-state index is 0.190. The Bertz CT molecular complexity index is 462. The molecule has 0 heterocycles. The molecule has 0 nitrogen and oxygen atoms in total. The lowest BCUT2D eigenvalue weighted by Crippen LogP contribution is -2.59. The van der Waals surface area contributed by atoms with Crippen LogP contribution in [0.4, 0.5) is 0 Å². The Morgan fingerprint density at radius 2 is 1.08 bits per heavy atom. The summed E-state index contributed by atoms with van der Waals surface area (Å²) in [4.78, 5) is 0. The van der Waals surface area contributed by atoms with E-state index in [1.165, 1.54) is 0 Å². The summed E-state index contributed by atoms with van der Waals surface area (Å²) in [6.07, 6.45) is 6.22. The van der Waals surface area contributed by atoms with E-state index < -0.39 is 0 Å². The van der Waals surface area contributed by atoms with Crippen LogP contribution in [0.1, 0.15) is 81.1 Å². The SMILES string of the molecule is CC1C(P(C(C)C)C2CC3CC(C2C)C3(C)C)CC2CC1C2(C)C. The summed E-state index contributed by atoms with van der Waals surface area (Å²) in [7, 11) is 0.190. The second kappa shape index (κ2) is 5.47. The van der Waals surface area contributed by atoms with Gasteiger partial charge in [-0.05, 0) is 89.0 Å². The number of hydrogen-bond acceptors (Lipinski definition) is 0. The minimum atomic E-state index is 0.190. The van der Waals surface area contributed by atoms with Crippen molar-refractivity contribution in [2.24, 2.45) is 46.3 Å². The Morgan fingerprint density at radius 1 is 0.708 bits per heavy atom. The molecule has 0 aromatic carbocycles. The maximum absolute atomic E-state index is 2.64. The van der Waals surface area contributed by atoms with E-state index in [4.69, 9.17) is 0 Å². The van der Waals surface area contributed by atoms with Crippen LogP contribution in [0.5, 0.6) is 0 Å². The highest BCUT2D eigenvalue weighted by atomic mass is 31.1. The van der Waals surface area contributed by atoms with Crippen molar-refractivity contribution in [3.8, 4) is 0 Å². The van der Waals surface area contributed by atoms with E-state index in [0.29, 0.717) is 10.8 Å². The molecule has 0 N–H and O–H groups in total. The third-order valence-corrected chi connectivity index (χ3v) is 14.1. The summed E-state index contributed by atoms with van der Waals surface area (Å²) in [5, 5.41) is 0. The van der Waals surface area contributed by atoms with Gasteiger partial charge in [0.05, 0.1) is 0 Å². The van der Waals surface area contributed by atoms with Crippen LogP contribution in [0.15, 0.2) is 0 Å². The Kier molecular flexibility index (Phi) is 4.06. The fourth-order valence-electron chi connectivity index (χ4n) is 8.04. The van der Waals surface area contributed by atoms with Crippen LogP contribution in [0.25, 0.3) is 0 Å². The van der Waals surface area contributed by atoms with Crippen LogP contribution in [0.2, 0.25) is 0 Å². The summed E-state index contributed by atoms with van der Waals surface area (Å²) < 4.78 is 0. The molecule has 1 heteroatoms. The van der Waals surface area contributed by atoms with Crippen LogP contribution in [0, 0.1) is 46.3 Å². The highest BCUT2D eigenvalue weighted by molar-refractivity contribution is 7.59. The van der Waals surface area contributed by atoms with E-state index >= 15 is 0 Å². The maximum atomic E-state index is 2.64. The number of rotatable bonds is 3. The highest BCUT2D eigenvalue weighted by Crippen LogP contribution is 2.73. The van der Waals surface area contributed by atoms with Gasteiger partial charge in [-0.25, -0.2) is 0 Å². The molecular formula is C23H41P. The zero-order valence-electron chi connectivity index (χ0n) is 17.5. The molecule has 0 aromatic rings. The minimum Gasteiger partial charge on any atom is -0.0971 e. The smallest absolute Gasteiger partial charge is 0.0173 e. The largest absolute Gasteiger partial charge is 0.0971 e. The molecule has 4 bridgehead atoms. The monoisotopic (exact) mass is 348 g/mol. The van der Waals surface area contributed by atoms with Gasteiger partial charge < -0.3 is 0 Å². The summed E-state index contributed by atoms with van der Waals surface area (Å²) in [5.41, 5.74) is 4.38. The van der Waals surface area contributed by atoms with Gasteiger partial charge in [-0.3, -0.25) is 0 Å². The zero-order chi connectivity index (χ0) is 17.6. The molecule has 138 valence electrons. The van der Waals surface area contributed by atoms with E-state index in [2.05, 4.69) is 55.4 Å². The zero-order valence-corrected chi connectivity index (χ0v) is 18.4. The number of fused-ring (bicyclic) bond motifs is 4. The first-order valence-corrected chi connectivity index (χ1v) is 12.4. The average molecular weight is 349 g/mol. The molecule has 24 heavy (non-hydrogen) atoms. The topological polar surface area (TPSA) is 0 Å². The van der Waals surface area contributed by atoms with Crippen LogP contribution < -0.4 is 0 Å². The fraction of sp³-hybridized carbons (Fsp3) is 1.00. The molecular weight excluding hydrogens is 307 g/mol. The maximum Gasteiger partial charge on any atom is -0.0173 e. The van der Waals surface area contributed by atoms with Gasteiger partial charge in [0.25, 0.3) is 0 Å². The molecule has 6 saturated carbocycles. The predicted octanol–water partition coefficient (Wildman–Crippen LogP) is 7.02. The fourth-order valence-corrected chi connectivity index (χ4v) is 12.6. The highest BCUT2D eigenvalue weighted by Gasteiger charge is 2.61. The lowest BCUT2D eigenvalue weighted by atomic mass is 9.45. The van der Waals surface area contributed by atoms with Crippen LogP contribution >= 0.6 is 7.92 Å². The van der Waals surface area contributed by atoms with Crippen molar-refractivity contribution in [1.29, 1.82) is 0 Å². The quantitative estimate of drug-likeness (QED) is 0.481. The molecule has 6 aliphatic carbocycles. The van der Waals surface area contributed by atoms with Crippen molar-refractivity contribution in [3.63, 3.8) is 0 Å². The summed E-state index contributed by atoms with van der Waals surface area (Å²) in [5.74, 6) is 6.09. The van der Waals surface area contributed by atoms with Gasteiger partial charge in [-0.2, -0.15) is 0 Å². The van der Waals surface area contributed by atoms with Gasteiger partial charge in [-0.1, -0.05) is 63.3 Å². The van der Waals surface area contributed by atoms with Crippen LogP contribution in [0.3, 0.4) is 0 Å². The van der Waals surface area contributed by atoms with Crippen LogP contribution in [-0.4, -0.2) is 17.0 Å². The first-order chi connectivity index (χ1) is 11.1. The van der Waals surface area contributed by atoms with Crippen molar-refractivity contribution < 1.29 is 0 Å². The molecule has 6 rings (SSSR count). The lowest BCUT2D eigenvalue weighted by Gasteiger charge is -2.67. The van der Waals surface area contributed by atoms with Gasteiger partial charge in [-0.15, -0.1) is 0 Å². The van der Waals surface area contributed by atoms with Crippen LogP contribution in [-0.2, 0) is 0 Å². The molecule has 0 spiro atoms. The first kappa shape index (κ1) is 17.8. The van der Waals surface area contributed by atoms with Gasteiger partial charge >= 0.3 is 0 Å². The number of hydrogen-bond donors (Lipinski definition) is 0. The third kappa shape index (κ3) is 2.20. The second-order valence-corrected chi connectivity index (χ2v) is 14.8. The predicted molar refractivity (Wildman–Crippen MR) is 108 cm³/mol. The molecule has 6 fully saturated rings. The van der Waals surface area contributed by atoms with E-state index in [1.807, 2.05) is 0 Å². The molecule has 8 unspecified atom stereocenters. The molecule has 0 aliphatic heterocycles. The van der Waals surface area contributed by atoms with E-state index in [1.54, 1.807) is 25.7 Å². The third-order valence-electron chi connectivity index (χ3n) is 9.99. The van der Waals surface area contributed by atoms with E-state index in [9.17, 15) is 0 Å². The van der Waals surface area contributed by atoms with E-state index in [0.717, 1.165) is 52.5 Å². The summed E-state index contributed by atoms with van der Waals surface area (Å²) in [6, 6.07) is 0. The Hall–Kier alpha value is 0.430. The van der Waals surface area contributed by atoms with Crippen molar-refractivity contribution in [3.05, 3.63) is 0 Å². The van der Waals surface area contributed by atoms with Crippen molar-refractivity contribution in [1.82, 2.24) is 0 Å². The van der Waals surface area contributed by atoms with Crippen molar-refractivity contribution >= 4 is 7.92 Å². The van der Waals surface area contributed by atoms with Gasteiger partial charge in [0, 0.05) is 0 Å². The molecule has 8 atom stereocenters. The Balaban J connectivity index is 1.56.